The topological polar surface area (TPSA) is 84.9 Å². The molecule has 1 aromatic rings. The summed E-state index contributed by atoms with van der Waals surface area (Å²) >= 11 is 0. The van der Waals surface area contributed by atoms with Gasteiger partial charge in [0.15, 0.2) is 6.10 Å². The van der Waals surface area contributed by atoms with Crippen LogP contribution in [-0.2, 0) is 19.1 Å². The predicted octanol–water partition coefficient (Wildman–Crippen LogP) is 1.65. The van der Waals surface area contributed by atoms with Gasteiger partial charge in [0.2, 0.25) is 5.91 Å². The number of carboxylic acid groups (broad SMARTS) is 1. The number of ether oxygens (including phenoxy) is 2. The number of amides is 1. The van der Waals surface area contributed by atoms with E-state index in [0.29, 0.717) is 26.0 Å². The van der Waals surface area contributed by atoms with Crippen LogP contribution in [0.15, 0.2) is 24.3 Å². The van der Waals surface area contributed by atoms with E-state index >= 15 is 0 Å². The molecule has 2 aliphatic heterocycles. The first-order chi connectivity index (χ1) is 11.5. The van der Waals surface area contributed by atoms with Gasteiger partial charge in [-0.25, -0.2) is 9.18 Å². The molecule has 0 radical (unpaired) electrons. The van der Waals surface area contributed by atoms with Crippen molar-refractivity contribution in [1.82, 2.24) is 5.32 Å². The van der Waals surface area contributed by atoms with E-state index in [9.17, 15) is 14.0 Å². The van der Waals surface area contributed by atoms with Crippen molar-refractivity contribution in [2.45, 2.75) is 37.6 Å². The molecule has 0 aromatic heterocycles. The highest BCUT2D eigenvalue weighted by molar-refractivity contribution is 5.82. The Bertz CT molecular complexity index is 606. The zero-order valence-electron chi connectivity index (χ0n) is 13.1. The number of rotatable bonds is 5. The summed E-state index contributed by atoms with van der Waals surface area (Å²) in [5.74, 6) is -1.53. The number of carbonyl (C=O) groups is 2. The smallest absolute Gasteiger partial charge is 0.332 e. The average molecular weight is 337 g/mol. The molecule has 1 aromatic carbocycles. The standard InChI is InChI=1S/C17H20FNO5/c18-12-3-1-10(2-4-12)15-11(7-8-23-15)9-19-16(20)13-5-6-14(24-13)17(21)22/h1-4,11,13-15H,5-9H2,(H,19,20)(H,21,22)/t11-,13-,14+,15-/m0/s1. The molecule has 0 saturated carbocycles. The zero-order valence-corrected chi connectivity index (χ0v) is 13.1. The van der Waals surface area contributed by atoms with Gasteiger partial charge in [-0.05, 0) is 37.0 Å². The van der Waals surface area contributed by atoms with Crippen LogP contribution >= 0.6 is 0 Å². The number of carboxylic acids is 1. The summed E-state index contributed by atoms with van der Waals surface area (Å²) in [6, 6.07) is 6.17. The summed E-state index contributed by atoms with van der Waals surface area (Å²) in [7, 11) is 0. The number of hydrogen-bond donors (Lipinski definition) is 2. The Balaban J connectivity index is 1.53. The second-order valence-corrected chi connectivity index (χ2v) is 6.17. The first-order valence-electron chi connectivity index (χ1n) is 8.07. The third kappa shape index (κ3) is 3.73. The van der Waals surface area contributed by atoms with Crippen molar-refractivity contribution >= 4 is 11.9 Å². The number of hydrogen-bond acceptors (Lipinski definition) is 4. The fraction of sp³-hybridized carbons (Fsp3) is 0.529. The fourth-order valence-electron chi connectivity index (χ4n) is 3.22. The van der Waals surface area contributed by atoms with Gasteiger partial charge in [-0.1, -0.05) is 12.1 Å². The lowest BCUT2D eigenvalue weighted by atomic mass is 9.95. The molecule has 0 bridgehead atoms. The third-order valence-corrected chi connectivity index (χ3v) is 4.54. The lowest BCUT2D eigenvalue weighted by Crippen LogP contribution is -2.38. The van der Waals surface area contributed by atoms with Crippen LogP contribution < -0.4 is 5.32 Å². The van der Waals surface area contributed by atoms with E-state index in [1.807, 2.05) is 0 Å². The maximum atomic E-state index is 13.0. The van der Waals surface area contributed by atoms with E-state index in [1.165, 1.54) is 12.1 Å². The van der Waals surface area contributed by atoms with Gasteiger partial charge < -0.3 is 19.9 Å². The van der Waals surface area contributed by atoms with Gasteiger partial charge >= 0.3 is 5.97 Å². The van der Waals surface area contributed by atoms with Gasteiger partial charge in [0.25, 0.3) is 0 Å². The van der Waals surface area contributed by atoms with Crippen molar-refractivity contribution in [1.29, 1.82) is 0 Å². The van der Waals surface area contributed by atoms with Crippen LogP contribution in [0, 0.1) is 11.7 Å². The fourth-order valence-corrected chi connectivity index (χ4v) is 3.22. The molecule has 130 valence electrons. The quantitative estimate of drug-likeness (QED) is 0.853. The van der Waals surface area contributed by atoms with E-state index < -0.39 is 18.2 Å². The molecule has 0 spiro atoms. The highest BCUT2D eigenvalue weighted by Crippen LogP contribution is 2.34. The molecule has 24 heavy (non-hydrogen) atoms. The molecule has 4 atom stereocenters. The summed E-state index contributed by atoms with van der Waals surface area (Å²) in [6.45, 7) is 1.00. The van der Waals surface area contributed by atoms with Gasteiger partial charge in [-0.15, -0.1) is 0 Å². The normalized spacial score (nSPS) is 29.5. The van der Waals surface area contributed by atoms with Crippen LogP contribution in [0.2, 0.25) is 0 Å². The summed E-state index contributed by atoms with van der Waals surface area (Å²) in [4.78, 5) is 23.0. The number of benzene rings is 1. The molecular formula is C17H20FNO5. The molecule has 2 heterocycles. The molecule has 3 rings (SSSR count). The zero-order chi connectivity index (χ0) is 17.1. The first-order valence-corrected chi connectivity index (χ1v) is 8.07. The van der Waals surface area contributed by atoms with E-state index in [4.69, 9.17) is 14.6 Å². The van der Waals surface area contributed by atoms with Gasteiger partial charge in [0.1, 0.15) is 11.9 Å². The predicted molar refractivity (Wildman–Crippen MR) is 81.7 cm³/mol. The molecular weight excluding hydrogens is 317 g/mol. The first kappa shape index (κ1) is 16.9. The maximum absolute atomic E-state index is 13.0. The molecule has 2 saturated heterocycles. The van der Waals surface area contributed by atoms with Gasteiger partial charge in [0, 0.05) is 19.1 Å². The second-order valence-electron chi connectivity index (χ2n) is 6.17. The third-order valence-electron chi connectivity index (χ3n) is 4.54. The van der Waals surface area contributed by atoms with Crippen molar-refractivity contribution < 1.29 is 28.6 Å². The molecule has 6 nitrogen and oxygen atoms in total. The highest BCUT2D eigenvalue weighted by Gasteiger charge is 2.36. The summed E-state index contributed by atoms with van der Waals surface area (Å²) in [5, 5.41) is 11.7. The molecule has 7 heteroatoms. The molecule has 1 amide bonds. The molecule has 2 fully saturated rings. The van der Waals surface area contributed by atoms with E-state index in [2.05, 4.69) is 5.32 Å². The summed E-state index contributed by atoms with van der Waals surface area (Å²) in [5.41, 5.74) is 0.885. The molecule has 2 aliphatic rings. The summed E-state index contributed by atoms with van der Waals surface area (Å²) in [6.07, 6.45) is -0.239. The van der Waals surface area contributed by atoms with Crippen LogP contribution in [0.5, 0.6) is 0 Å². The van der Waals surface area contributed by atoms with E-state index in [-0.39, 0.29) is 23.7 Å². The minimum absolute atomic E-state index is 0.0936. The van der Waals surface area contributed by atoms with Crippen molar-refractivity contribution in [2.24, 2.45) is 5.92 Å². The Morgan fingerprint density at radius 2 is 1.88 bits per heavy atom. The van der Waals surface area contributed by atoms with Gasteiger partial charge in [-0.2, -0.15) is 0 Å². The minimum Gasteiger partial charge on any atom is -0.479 e. The monoisotopic (exact) mass is 337 g/mol. The Morgan fingerprint density at radius 3 is 2.54 bits per heavy atom. The van der Waals surface area contributed by atoms with Crippen LogP contribution in [-0.4, -0.2) is 42.3 Å². The number of halogens is 1. The lowest BCUT2D eigenvalue weighted by molar-refractivity contribution is -0.151. The maximum Gasteiger partial charge on any atom is 0.332 e. The molecule has 2 N–H and O–H groups in total. The van der Waals surface area contributed by atoms with Crippen molar-refractivity contribution in [3.63, 3.8) is 0 Å². The van der Waals surface area contributed by atoms with Crippen LogP contribution in [0.3, 0.4) is 0 Å². The SMILES string of the molecule is O=C(NC[C@@H]1CCO[C@H]1c1ccc(F)cc1)[C@@H]1CC[C@H](C(=O)O)O1. The molecule has 0 aliphatic carbocycles. The number of nitrogens with one attached hydrogen (secondary N) is 1. The largest absolute Gasteiger partial charge is 0.479 e. The van der Waals surface area contributed by atoms with Crippen LogP contribution in [0.1, 0.15) is 30.9 Å². The van der Waals surface area contributed by atoms with E-state index in [1.54, 1.807) is 12.1 Å². The number of carbonyl (C=O) groups excluding carboxylic acids is 1. The van der Waals surface area contributed by atoms with E-state index in [0.717, 1.165) is 12.0 Å². The Kier molecular flexibility index (Phi) is 5.11. The average Bonchev–Trinajstić information content (AvgIpc) is 3.23. The highest BCUT2D eigenvalue weighted by atomic mass is 19.1. The van der Waals surface area contributed by atoms with Crippen molar-refractivity contribution in [3.05, 3.63) is 35.6 Å². The Hall–Kier alpha value is -1.99. The van der Waals surface area contributed by atoms with Crippen molar-refractivity contribution in [3.8, 4) is 0 Å². The second kappa shape index (κ2) is 7.27. The lowest BCUT2D eigenvalue weighted by Gasteiger charge is -2.20. The van der Waals surface area contributed by atoms with Gasteiger partial charge in [-0.3, -0.25) is 4.79 Å². The number of aliphatic carboxylic acids is 1. The Labute approximate surface area is 138 Å². The minimum atomic E-state index is -1.04. The summed E-state index contributed by atoms with van der Waals surface area (Å²) < 4.78 is 24.0. The van der Waals surface area contributed by atoms with Crippen molar-refractivity contribution in [2.75, 3.05) is 13.2 Å². The molecule has 0 unspecified atom stereocenters. The van der Waals surface area contributed by atoms with Crippen LogP contribution in [0.4, 0.5) is 4.39 Å². The van der Waals surface area contributed by atoms with Gasteiger partial charge in [0.05, 0.1) is 6.10 Å². The Morgan fingerprint density at radius 1 is 1.17 bits per heavy atom. The van der Waals surface area contributed by atoms with Crippen LogP contribution in [0.25, 0.3) is 0 Å².